The number of imidazole rings is 1. The second-order valence-corrected chi connectivity index (χ2v) is 6.93. The van der Waals surface area contributed by atoms with E-state index in [4.69, 9.17) is 9.47 Å². The number of hydrogen-bond acceptors (Lipinski definition) is 5. The Morgan fingerprint density at radius 3 is 3.08 bits per heavy atom. The van der Waals surface area contributed by atoms with Gasteiger partial charge in [0.2, 0.25) is 5.91 Å². The number of halogens is 1. The molecule has 3 heterocycles. The Morgan fingerprint density at radius 1 is 1.35 bits per heavy atom. The van der Waals surface area contributed by atoms with E-state index >= 15 is 0 Å². The van der Waals surface area contributed by atoms with Gasteiger partial charge in [-0.2, -0.15) is 0 Å². The van der Waals surface area contributed by atoms with Crippen LogP contribution in [-0.2, 0) is 11.2 Å². The predicted octanol–water partition coefficient (Wildman–Crippen LogP) is 2.61. The number of benzene rings is 1. The Morgan fingerprint density at radius 2 is 2.19 bits per heavy atom. The summed E-state index contributed by atoms with van der Waals surface area (Å²) in [4.78, 5) is 23.9. The summed E-state index contributed by atoms with van der Waals surface area (Å²) in [6.45, 7) is 0.823. The van der Waals surface area contributed by atoms with E-state index in [9.17, 15) is 4.79 Å². The second kappa shape index (κ2) is 7.33. The third kappa shape index (κ3) is 3.80. The van der Waals surface area contributed by atoms with Crippen molar-refractivity contribution in [1.82, 2.24) is 20.3 Å². The summed E-state index contributed by atoms with van der Waals surface area (Å²) in [5.41, 5.74) is 1.50. The fraction of sp³-hybridized carbons (Fsp3) is 0.278. The summed E-state index contributed by atoms with van der Waals surface area (Å²) in [5, 5.41) is 2.89. The van der Waals surface area contributed by atoms with Crippen LogP contribution >= 0.6 is 15.9 Å². The summed E-state index contributed by atoms with van der Waals surface area (Å²) in [5.74, 6) is 2.13. The standard InChI is InChI=1S/C18H17BrN4O3/c19-11-7-13-18(21-8-11)23-16(22-13)5-6-17(24)20-9-12-10-25-14-3-1-2-4-15(14)26-12/h1-4,7-8,12H,5-6,9-10H2,(H,20,24)(H,21,22,23). The molecule has 0 spiro atoms. The Kier molecular flexibility index (Phi) is 4.75. The van der Waals surface area contributed by atoms with E-state index in [0.717, 1.165) is 21.6 Å². The smallest absolute Gasteiger partial charge is 0.220 e. The van der Waals surface area contributed by atoms with Crippen LogP contribution in [0.4, 0.5) is 0 Å². The molecule has 8 heteroatoms. The largest absolute Gasteiger partial charge is 0.486 e. The first-order valence-corrected chi connectivity index (χ1v) is 9.12. The van der Waals surface area contributed by atoms with Gasteiger partial charge >= 0.3 is 0 Å². The second-order valence-electron chi connectivity index (χ2n) is 6.01. The molecule has 1 aliphatic rings. The van der Waals surface area contributed by atoms with Crippen LogP contribution in [0.3, 0.4) is 0 Å². The Hall–Kier alpha value is -2.61. The van der Waals surface area contributed by atoms with Gasteiger partial charge in [-0.3, -0.25) is 4.79 Å². The number of aryl methyl sites for hydroxylation is 1. The van der Waals surface area contributed by atoms with Gasteiger partial charge in [0.25, 0.3) is 0 Å². The van der Waals surface area contributed by atoms with Crippen LogP contribution in [-0.4, -0.2) is 40.1 Å². The number of H-pyrrole nitrogens is 1. The number of amides is 1. The third-order valence-electron chi connectivity index (χ3n) is 4.04. The van der Waals surface area contributed by atoms with Crippen molar-refractivity contribution in [2.75, 3.05) is 13.2 Å². The molecule has 26 heavy (non-hydrogen) atoms. The van der Waals surface area contributed by atoms with Crippen molar-refractivity contribution in [3.8, 4) is 11.5 Å². The molecule has 0 saturated heterocycles. The highest BCUT2D eigenvalue weighted by Gasteiger charge is 2.21. The summed E-state index contributed by atoms with van der Waals surface area (Å²) < 4.78 is 12.3. The fourth-order valence-corrected chi connectivity index (χ4v) is 3.09. The zero-order chi connectivity index (χ0) is 17.9. The van der Waals surface area contributed by atoms with Crippen molar-refractivity contribution in [2.45, 2.75) is 18.9 Å². The van der Waals surface area contributed by atoms with Gasteiger partial charge in [0.05, 0.1) is 12.1 Å². The molecule has 1 aliphatic heterocycles. The lowest BCUT2D eigenvalue weighted by Gasteiger charge is -2.26. The topological polar surface area (TPSA) is 89.1 Å². The number of fused-ring (bicyclic) bond motifs is 2. The van der Waals surface area contributed by atoms with Crippen molar-refractivity contribution in [2.24, 2.45) is 0 Å². The maximum Gasteiger partial charge on any atom is 0.220 e. The molecule has 2 aromatic heterocycles. The average Bonchev–Trinajstić information content (AvgIpc) is 3.06. The van der Waals surface area contributed by atoms with Crippen molar-refractivity contribution in [1.29, 1.82) is 0 Å². The third-order valence-corrected chi connectivity index (χ3v) is 4.47. The molecule has 1 unspecified atom stereocenters. The molecule has 4 rings (SSSR count). The number of nitrogens with one attached hydrogen (secondary N) is 2. The molecule has 1 atom stereocenters. The van der Waals surface area contributed by atoms with Gasteiger partial charge in [0.1, 0.15) is 18.5 Å². The fourth-order valence-electron chi connectivity index (χ4n) is 2.75. The van der Waals surface area contributed by atoms with Gasteiger partial charge in [-0.1, -0.05) is 12.1 Å². The zero-order valence-corrected chi connectivity index (χ0v) is 15.5. The SMILES string of the molecule is O=C(CCc1nc2ncc(Br)cc2[nH]1)NCC1COc2ccccc2O1. The highest BCUT2D eigenvalue weighted by Crippen LogP contribution is 2.30. The van der Waals surface area contributed by atoms with E-state index in [1.807, 2.05) is 30.3 Å². The number of carbonyl (C=O) groups is 1. The number of ether oxygens (including phenoxy) is 2. The van der Waals surface area contributed by atoms with E-state index in [1.54, 1.807) is 6.20 Å². The Bertz CT molecular complexity index is 943. The maximum atomic E-state index is 12.1. The van der Waals surface area contributed by atoms with Crippen LogP contribution in [0.25, 0.3) is 11.2 Å². The van der Waals surface area contributed by atoms with Crippen LogP contribution in [0, 0.1) is 0 Å². The number of carbonyl (C=O) groups excluding carboxylic acids is 1. The molecule has 0 bridgehead atoms. The zero-order valence-electron chi connectivity index (χ0n) is 13.9. The highest BCUT2D eigenvalue weighted by atomic mass is 79.9. The molecule has 0 aliphatic carbocycles. The number of aromatic amines is 1. The van der Waals surface area contributed by atoms with Crippen LogP contribution in [0.1, 0.15) is 12.2 Å². The van der Waals surface area contributed by atoms with Crippen LogP contribution < -0.4 is 14.8 Å². The predicted molar refractivity (Wildman–Crippen MR) is 99.3 cm³/mol. The molecule has 1 amide bonds. The summed E-state index contributed by atoms with van der Waals surface area (Å²) >= 11 is 3.38. The van der Waals surface area contributed by atoms with E-state index in [-0.39, 0.29) is 12.0 Å². The number of aromatic nitrogens is 3. The van der Waals surface area contributed by atoms with Crippen molar-refractivity contribution < 1.29 is 14.3 Å². The molecule has 0 radical (unpaired) electrons. The van der Waals surface area contributed by atoms with E-state index in [1.165, 1.54) is 0 Å². The lowest BCUT2D eigenvalue weighted by atomic mass is 10.2. The lowest BCUT2D eigenvalue weighted by molar-refractivity contribution is -0.121. The number of hydrogen-bond donors (Lipinski definition) is 2. The first-order valence-electron chi connectivity index (χ1n) is 8.33. The summed E-state index contributed by atoms with van der Waals surface area (Å²) in [6, 6.07) is 9.43. The van der Waals surface area contributed by atoms with E-state index < -0.39 is 0 Å². The number of rotatable bonds is 5. The molecular formula is C18H17BrN4O3. The summed E-state index contributed by atoms with van der Waals surface area (Å²) in [7, 11) is 0. The molecule has 1 aromatic carbocycles. The lowest BCUT2D eigenvalue weighted by Crippen LogP contribution is -2.40. The normalized spacial score (nSPS) is 15.8. The monoisotopic (exact) mass is 416 g/mol. The molecule has 2 N–H and O–H groups in total. The van der Waals surface area contributed by atoms with Crippen molar-refractivity contribution in [3.63, 3.8) is 0 Å². The quantitative estimate of drug-likeness (QED) is 0.667. The highest BCUT2D eigenvalue weighted by molar-refractivity contribution is 9.10. The van der Waals surface area contributed by atoms with E-state index in [2.05, 4.69) is 36.2 Å². The van der Waals surface area contributed by atoms with Gasteiger partial charge < -0.3 is 19.8 Å². The summed E-state index contributed by atoms with van der Waals surface area (Å²) in [6.07, 6.45) is 2.36. The van der Waals surface area contributed by atoms with Gasteiger partial charge in [-0.05, 0) is 34.1 Å². The minimum absolute atomic E-state index is 0.0537. The van der Waals surface area contributed by atoms with Crippen molar-refractivity contribution in [3.05, 3.63) is 46.8 Å². The van der Waals surface area contributed by atoms with Crippen LogP contribution in [0.5, 0.6) is 11.5 Å². The number of nitrogens with zero attached hydrogens (tertiary/aromatic N) is 2. The first-order chi connectivity index (χ1) is 12.7. The van der Waals surface area contributed by atoms with Crippen LogP contribution in [0.15, 0.2) is 41.0 Å². The Balaban J connectivity index is 1.26. The van der Waals surface area contributed by atoms with Gasteiger partial charge in [0, 0.05) is 23.5 Å². The van der Waals surface area contributed by atoms with Gasteiger partial charge in [-0.25, -0.2) is 9.97 Å². The average molecular weight is 417 g/mol. The Labute approximate surface area is 158 Å². The number of pyridine rings is 1. The number of para-hydroxylation sites is 2. The maximum absolute atomic E-state index is 12.1. The van der Waals surface area contributed by atoms with Crippen LogP contribution in [0.2, 0.25) is 0 Å². The molecule has 3 aromatic rings. The minimum Gasteiger partial charge on any atom is -0.486 e. The van der Waals surface area contributed by atoms with E-state index in [0.29, 0.717) is 37.4 Å². The molecule has 0 saturated carbocycles. The van der Waals surface area contributed by atoms with Crippen molar-refractivity contribution >= 4 is 33.0 Å². The first kappa shape index (κ1) is 16.8. The molecule has 0 fully saturated rings. The molecular weight excluding hydrogens is 400 g/mol. The van der Waals surface area contributed by atoms with Gasteiger partial charge in [-0.15, -0.1) is 0 Å². The van der Waals surface area contributed by atoms with Gasteiger partial charge in [0.15, 0.2) is 17.1 Å². The molecule has 7 nitrogen and oxygen atoms in total. The molecule has 134 valence electrons. The minimum atomic E-state index is -0.193.